The van der Waals surface area contributed by atoms with Gasteiger partial charge in [0.15, 0.2) is 0 Å². The van der Waals surface area contributed by atoms with Gasteiger partial charge in [-0.1, -0.05) is 12.1 Å². The summed E-state index contributed by atoms with van der Waals surface area (Å²) >= 11 is 1.34. The summed E-state index contributed by atoms with van der Waals surface area (Å²) in [5, 5.41) is 4.62. The van der Waals surface area contributed by atoms with Gasteiger partial charge in [-0.25, -0.2) is 0 Å². The predicted octanol–water partition coefficient (Wildman–Crippen LogP) is 2.89. The first-order valence-electron chi connectivity index (χ1n) is 4.88. The van der Waals surface area contributed by atoms with E-state index in [1.54, 1.807) is 11.4 Å². The Hall–Kier alpha value is -1.81. The van der Waals surface area contributed by atoms with Crippen LogP contribution < -0.4 is 11.1 Å². The van der Waals surface area contributed by atoms with Crippen molar-refractivity contribution in [1.82, 2.24) is 0 Å². The molecule has 2 aromatic rings. The second kappa shape index (κ2) is 4.37. The third-order valence-electron chi connectivity index (χ3n) is 2.18. The maximum Gasteiger partial charge on any atom is 0.267 e. The van der Waals surface area contributed by atoms with Crippen LogP contribution in [0.15, 0.2) is 35.7 Å². The lowest BCUT2D eigenvalue weighted by Gasteiger charge is -2.04. The molecule has 1 aromatic heterocycles. The second-order valence-corrected chi connectivity index (χ2v) is 4.44. The minimum absolute atomic E-state index is 0.155. The summed E-state index contributed by atoms with van der Waals surface area (Å²) in [6.07, 6.45) is 0. The smallest absolute Gasteiger partial charge is 0.267 e. The molecule has 2 rings (SSSR count). The number of nitrogens with one attached hydrogen (secondary N) is 1. The number of aryl methyl sites for hydroxylation is 1. The number of nitrogen functional groups attached to an aromatic ring is 1. The molecule has 0 aliphatic rings. The molecule has 0 spiro atoms. The zero-order valence-corrected chi connectivity index (χ0v) is 9.67. The molecule has 3 N–H and O–H groups in total. The number of benzene rings is 1. The van der Waals surface area contributed by atoms with Crippen molar-refractivity contribution in [2.75, 3.05) is 11.1 Å². The van der Waals surface area contributed by atoms with Crippen molar-refractivity contribution in [1.29, 1.82) is 0 Å². The molecule has 0 unspecified atom stereocenters. The molecular weight excluding hydrogens is 220 g/mol. The van der Waals surface area contributed by atoms with Crippen LogP contribution in [-0.4, -0.2) is 5.91 Å². The monoisotopic (exact) mass is 232 g/mol. The van der Waals surface area contributed by atoms with Gasteiger partial charge in [0.1, 0.15) is 4.88 Å². The van der Waals surface area contributed by atoms with Gasteiger partial charge in [0.25, 0.3) is 5.91 Å². The molecule has 0 aliphatic heterocycles. The Labute approximate surface area is 97.9 Å². The number of nitrogens with two attached hydrogens (primary N) is 1. The molecule has 1 aromatic carbocycles. The van der Waals surface area contributed by atoms with Crippen molar-refractivity contribution in [3.63, 3.8) is 0 Å². The topological polar surface area (TPSA) is 55.1 Å². The second-order valence-electron chi connectivity index (χ2n) is 3.53. The molecule has 3 nitrogen and oxygen atoms in total. The fraction of sp³-hybridized carbons (Fsp3) is 0.0833. The largest absolute Gasteiger partial charge is 0.397 e. The minimum Gasteiger partial charge on any atom is -0.397 e. The lowest BCUT2D eigenvalue weighted by molar-refractivity contribution is 0.103. The van der Waals surface area contributed by atoms with Crippen molar-refractivity contribution >= 4 is 28.6 Å². The van der Waals surface area contributed by atoms with Gasteiger partial charge in [0.05, 0.1) is 5.69 Å². The van der Waals surface area contributed by atoms with E-state index in [1.165, 1.54) is 11.3 Å². The van der Waals surface area contributed by atoms with E-state index in [1.807, 2.05) is 31.2 Å². The van der Waals surface area contributed by atoms with Crippen LogP contribution in [0.2, 0.25) is 0 Å². The summed E-state index contributed by atoms with van der Waals surface area (Å²) < 4.78 is 0. The van der Waals surface area contributed by atoms with E-state index in [9.17, 15) is 4.79 Å². The molecule has 0 fully saturated rings. The molecule has 16 heavy (non-hydrogen) atoms. The molecule has 0 saturated carbocycles. The molecule has 1 heterocycles. The number of thiophene rings is 1. The van der Waals surface area contributed by atoms with E-state index in [0.29, 0.717) is 10.6 Å². The van der Waals surface area contributed by atoms with E-state index >= 15 is 0 Å². The number of amides is 1. The number of hydrogen-bond donors (Lipinski definition) is 2. The van der Waals surface area contributed by atoms with Crippen molar-refractivity contribution in [2.24, 2.45) is 0 Å². The minimum atomic E-state index is -0.155. The first-order chi connectivity index (χ1) is 7.66. The Kier molecular flexibility index (Phi) is 2.92. The first-order valence-corrected chi connectivity index (χ1v) is 5.76. The normalized spacial score (nSPS) is 10.1. The molecule has 0 bridgehead atoms. The fourth-order valence-corrected chi connectivity index (χ4v) is 2.13. The summed E-state index contributed by atoms with van der Waals surface area (Å²) in [5.74, 6) is -0.155. The zero-order chi connectivity index (χ0) is 11.5. The van der Waals surface area contributed by atoms with Gasteiger partial charge in [-0.3, -0.25) is 4.79 Å². The first kappa shape index (κ1) is 10.7. The molecule has 4 heteroatoms. The van der Waals surface area contributed by atoms with Gasteiger partial charge in [-0.2, -0.15) is 0 Å². The van der Waals surface area contributed by atoms with Gasteiger partial charge < -0.3 is 11.1 Å². The lowest BCUT2D eigenvalue weighted by Crippen LogP contribution is -2.11. The van der Waals surface area contributed by atoms with Gasteiger partial charge in [0, 0.05) is 5.69 Å². The van der Waals surface area contributed by atoms with Crippen LogP contribution in [0.5, 0.6) is 0 Å². The Morgan fingerprint density at radius 3 is 2.81 bits per heavy atom. The predicted molar refractivity (Wildman–Crippen MR) is 67.9 cm³/mol. The molecule has 0 saturated heterocycles. The number of carbonyl (C=O) groups excluding carboxylic acids is 1. The number of carbonyl (C=O) groups is 1. The third kappa shape index (κ3) is 2.23. The number of hydrogen-bond acceptors (Lipinski definition) is 3. The van der Waals surface area contributed by atoms with Gasteiger partial charge in [-0.05, 0) is 36.1 Å². The Balaban J connectivity index is 2.17. The highest BCUT2D eigenvalue weighted by Crippen LogP contribution is 2.20. The molecule has 82 valence electrons. The number of rotatable bonds is 2. The summed E-state index contributed by atoms with van der Waals surface area (Å²) in [6.45, 7) is 1.98. The van der Waals surface area contributed by atoms with E-state index in [0.717, 1.165) is 11.3 Å². The van der Waals surface area contributed by atoms with Gasteiger partial charge in [0.2, 0.25) is 0 Å². The highest BCUT2D eigenvalue weighted by Gasteiger charge is 2.10. The SMILES string of the molecule is Cc1cccc(NC(=O)c2sccc2N)c1. The van der Waals surface area contributed by atoms with Crippen LogP contribution in [0.4, 0.5) is 11.4 Å². The van der Waals surface area contributed by atoms with E-state index in [4.69, 9.17) is 5.73 Å². The van der Waals surface area contributed by atoms with Crippen molar-refractivity contribution in [2.45, 2.75) is 6.92 Å². The van der Waals surface area contributed by atoms with E-state index in [2.05, 4.69) is 5.32 Å². The molecule has 0 radical (unpaired) electrons. The van der Waals surface area contributed by atoms with E-state index in [-0.39, 0.29) is 5.91 Å². The fourth-order valence-electron chi connectivity index (χ4n) is 1.41. The maximum atomic E-state index is 11.8. The van der Waals surface area contributed by atoms with Crippen molar-refractivity contribution in [3.05, 3.63) is 46.2 Å². The summed E-state index contributed by atoms with van der Waals surface area (Å²) in [6, 6.07) is 9.39. The summed E-state index contributed by atoms with van der Waals surface area (Å²) in [5.41, 5.74) is 8.10. The molecule has 1 amide bonds. The Morgan fingerprint density at radius 1 is 1.38 bits per heavy atom. The highest BCUT2D eigenvalue weighted by atomic mass is 32.1. The average Bonchev–Trinajstić information content (AvgIpc) is 2.64. The van der Waals surface area contributed by atoms with Crippen LogP contribution >= 0.6 is 11.3 Å². The summed E-state index contributed by atoms with van der Waals surface area (Å²) in [7, 11) is 0. The van der Waals surface area contributed by atoms with Crippen molar-refractivity contribution < 1.29 is 4.79 Å². The van der Waals surface area contributed by atoms with Crippen LogP contribution in [-0.2, 0) is 0 Å². The molecule has 0 atom stereocenters. The maximum absolute atomic E-state index is 11.8. The average molecular weight is 232 g/mol. The van der Waals surface area contributed by atoms with Crippen LogP contribution in [0.3, 0.4) is 0 Å². The third-order valence-corrected chi connectivity index (χ3v) is 3.11. The Bertz CT molecular complexity index is 519. The standard InChI is InChI=1S/C12H12N2OS/c1-8-3-2-4-9(7-8)14-12(15)11-10(13)5-6-16-11/h2-7H,13H2,1H3,(H,14,15). The van der Waals surface area contributed by atoms with Crippen LogP contribution in [0.1, 0.15) is 15.2 Å². The van der Waals surface area contributed by atoms with Crippen LogP contribution in [0.25, 0.3) is 0 Å². The Morgan fingerprint density at radius 2 is 2.19 bits per heavy atom. The highest BCUT2D eigenvalue weighted by molar-refractivity contribution is 7.12. The van der Waals surface area contributed by atoms with Crippen LogP contribution in [0, 0.1) is 6.92 Å². The van der Waals surface area contributed by atoms with E-state index < -0.39 is 0 Å². The zero-order valence-electron chi connectivity index (χ0n) is 8.86. The van der Waals surface area contributed by atoms with Crippen molar-refractivity contribution in [3.8, 4) is 0 Å². The summed E-state index contributed by atoms with van der Waals surface area (Å²) in [4.78, 5) is 12.4. The molecular formula is C12H12N2OS. The molecule has 0 aliphatic carbocycles. The quantitative estimate of drug-likeness (QED) is 0.836. The van der Waals surface area contributed by atoms with Gasteiger partial charge >= 0.3 is 0 Å². The van der Waals surface area contributed by atoms with Gasteiger partial charge in [-0.15, -0.1) is 11.3 Å². The lowest BCUT2D eigenvalue weighted by atomic mass is 10.2. The number of anilines is 2.